The van der Waals surface area contributed by atoms with Gasteiger partial charge in [0.05, 0.1) is 16.8 Å². The molecule has 0 radical (unpaired) electrons. The Balaban J connectivity index is 3.48. The summed E-state index contributed by atoms with van der Waals surface area (Å²) >= 11 is 0. The third-order valence-corrected chi connectivity index (χ3v) is 1.57. The number of aldehydes is 1. The summed E-state index contributed by atoms with van der Waals surface area (Å²) in [6, 6.07) is 2.25. The number of nitrogens with one attached hydrogen (secondary N) is 1. The van der Waals surface area contributed by atoms with Crippen LogP contribution in [0.5, 0.6) is 0 Å². The van der Waals surface area contributed by atoms with Gasteiger partial charge in [-0.25, -0.2) is 8.78 Å². The average Bonchev–Trinajstić information content (AvgIpc) is 2.16. The lowest BCUT2D eigenvalue weighted by Gasteiger charge is -2.00. The number of hydrogen-bond acceptors (Lipinski definition) is 3. The number of carbonyl (C=O) groups is 1. The molecule has 0 amide bonds. The molecule has 0 aliphatic heterocycles. The fourth-order valence-electron chi connectivity index (χ4n) is 0.908. The highest BCUT2D eigenvalue weighted by Gasteiger charge is 2.15. The molecule has 1 heterocycles. The summed E-state index contributed by atoms with van der Waals surface area (Å²) in [6.07, 6.45) is -2.73. The monoisotopic (exact) mass is 198 g/mol. The van der Waals surface area contributed by atoms with Crippen molar-refractivity contribution in [2.24, 2.45) is 0 Å². The molecule has 0 aliphatic carbocycles. The summed E-state index contributed by atoms with van der Waals surface area (Å²) in [5.41, 5.74) is -2.43. The van der Waals surface area contributed by atoms with Crippen molar-refractivity contribution in [2.45, 2.75) is 6.43 Å². The molecular weight excluding hydrogens is 194 g/mol. The number of carbonyl (C=O) groups excluding carboxylic acids is 1. The summed E-state index contributed by atoms with van der Waals surface area (Å²) in [5.74, 6) is 0. The number of aromatic nitrogens is 1. The molecule has 14 heavy (non-hydrogen) atoms. The van der Waals surface area contributed by atoms with E-state index in [-0.39, 0.29) is 17.5 Å². The SMILES string of the molecule is N#Cc1cc(C(F)F)c(=O)[nH]c1C=O. The fourth-order valence-corrected chi connectivity index (χ4v) is 0.908. The zero-order valence-electron chi connectivity index (χ0n) is 6.75. The van der Waals surface area contributed by atoms with Crippen molar-refractivity contribution in [3.63, 3.8) is 0 Å². The number of H-pyrrole nitrogens is 1. The number of aromatic amines is 1. The molecule has 0 saturated carbocycles. The van der Waals surface area contributed by atoms with E-state index in [0.29, 0.717) is 6.07 Å². The van der Waals surface area contributed by atoms with Crippen LogP contribution in [0.2, 0.25) is 0 Å². The van der Waals surface area contributed by atoms with Gasteiger partial charge in [-0.2, -0.15) is 5.26 Å². The van der Waals surface area contributed by atoms with Crippen molar-refractivity contribution in [2.75, 3.05) is 0 Å². The van der Waals surface area contributed by atoms with Crippen LogP contribution in [0.15, 0.2) is 10.9 Å². The standard InChI is InChI=1S/C8H4F2N2O2/c9-7(10)5-1-4(2-11)6(3-13)12-8(5)14/h1,3,7H,(H,12,14). The first-order valence-electron chi connectivity index (χ1n) is 3.50. The number of rotatable bonds is 2. The van der Waals surface area contributed by atoms with Crippen LogP contribution in [0.3, 0.4) is 0 Å². The van der Waals surface area contributed by atoms with Crippen molar-refractivity contribution in [1.29, 1.82) is 5.26 Å². The van der Waals surface area contributed by atoms with Crippen molar-refractivity contribution < 1.29 is 13.6 Å². The summed E-state index contributed by atoms with van der Waals surface area (Å²) in [6.45, 7) is 0. The summed E-state index contributed by atoms with van der Waals surface area (Å²) < 4.78 is 24.3. The van der Waals surface area contributed by atoms with Gasteiger partial charge in [0.2, 0.25) is 0 Å². The van der Waals surface area contributed by atoms with Crippen molar-refractivity contribution in [1.82, 2.24) is 4.98 Å². The maximum Gasteiger partial charge on any atom is 0.269 e. The predicted molar refractivity (Wildman–Crippen MR) is 42.1 cm³/mol. The Bertz CT molecular complexity index is 459. The smallest absolute Gasteiger partial charge is 0.269 e. The Kier molecular flexibility index (Phi) is 2.72. The first kappa shape index (κ1) is 10.1. The summed E-state index contributed by atoms with van der Waals surface area (Å²) in [5, 5.41) is 8.47. The zero-order chi connectivity index (χ0) is 10.7. The molecule has 6 heteroatoms. The lowest BCUT2D eigenvalue weighted by Crippen LogP contribution is -2.16. The molecule has 1 rings (SSSR count). The van der Waals surface area contributed by atoms with Crippen molar-refractivity contribution in [3.05, 3.63) is 33.2 Å². The van der Waals surface area contributed by atoms with Crippen LogP contribution >= 0.6 is 0 Å². The Hall–Kier alpha value is -2.03. The van der Waals surface area contributed by atoms with Gasteiger partial charge in [-0.05, 0) is 6.07 Å². The Morgan fingerprint density at radius 2 is 2.21 bits per heavy atom. The van der Waals surface area contributed by atoms with Crippen LogP contribution < -0.4 is 5.56 Å². The molecule has 0 spiro atoms. The summed E-state index contributed by atoms with van der Waals surface area (Å²) in [7, 11) is 0. The number of alkyl halides is 2. The largest absolute Gasteiger partial charge is 0.318 e. The molecule has 1 N–H and O–H groups in total. The number of hydrogen-bond donors (Lipinski definition) is 1. The number of pyridine rings is 1. The molecule has 0 unspecified atom stereocenters. The third kappa shape index (κ3) is 1.66. The normalized spacial score (nSPS) is 9.86. The predicted octanol–water partition coefficient (Wildman–Crippen LogP) is 0.997. The van der Waals surface area contributed by atoms with E-state index < -0.39 is 17.5 Å². The van der Waals surface area contributed by atoms with Gasteiger partial charge in [-0.15, -0.1) is 0 Å². The highest BCUT2D eigenvalue weighted by atomic mass is 19.3. The van der Waals surface area contributed by atoms with E-state index in [9.17, 15) is 18.4 Å². The van der Waals surface area contributed by atoms with Crippen LogP contribution in [-0.4, -0.2) is 11.3 Å². The van der Waals surface area contributed by atoms with Crippen LogP contribution in [0.25, 0.3) is 0 Å². The highest BCUT2D eigenvalue weighted by Crippen LogP contribution is 2.15. The minimum Gasteiger partial charge on any atom is -0.318 e. The van der Waals surface area contributed by atoms with E-state index in [0.717, 1.165) is 0 Å². The summed E-state index contributed by atoms with van der Waals surface area (Å²) in [4.78, 5) is 23.1. The average molecular weight is 198 g/mol. The van der Waals surface area contributed by atoms with Crippen molar-refractivity contribution >= 4 is 6.29 Å². The lowest BCUT2D eigenvalue weighted by atomic mass is 10.1. The number of halogens is 2. The van der Waals surface area contributed by atoms with Crippen LogP contribution in [0.1, 0.15) is 28.0 Å². The second kappa shape index (κ2) is 3.79. The number of nitriles is 1. The van der Waals surface area contributed by atoms with E-state index >= 15 is 0 Å². The lowest BCUT2D eigenvalue weighted by molar-refractivity contribution is 0.111. The molecule has 0 aromatic carbocycles. The Morgan fingerprint density at radius 1 is 1.57 bits per heavy atom. The molecule has 0 fully saturated rings. The van der Waals surface area contributed by atoms with Gasteiger partial charge in [0.15, 0.2) is 6.29 Å². The quantitative estimate of drug-likeness (QED) is 0.720. The van der Waals surface area contributed by atoms with Gasteiger partial charge in [0.1, 0.15) is 6.07 Å². The molecule has 0 atom stereocenters. The Labute approximate surface area is 76.8 Å². The van der Waals surface area contributed by atoms with Gasteiger partial charge in [-0.1, -0.05) is 0 Å². The van der Waals surface area contributed by atoms with Gasteiger partial charge in [0.25, 0.3) is 12.0 Å². The van der Waals surface area contributed by atoms with Crippen LogP contribution in [0.4, 0.5) is 8.78 Å². The second-order valence-electron chi connectivity index (χ2n) is 2.41. The molecular formula is C8H4F2N2O2. The van der Waals surface area contributed by atoms with Crippen molar-refractivity contribution in [3.8, 4) is 6.07 Å². The molecule has 0 bridgehead atoms. The molecule has 72 valence electrons. The fraction of sp³-hybridized carbons (Fsp3) is 0.125. The van der Waals surface area contributed by atoms with Gasteiger partial charge < -0.3 is 4.98 Å². The molecule has 0 aliphatic rings. The minimum absolute atomic E-state index is 0.231. The third-order valence-electron chi connectivity index (χ3n) is 1.57. The molecule has 4 nitrogen and oxygen atoms in total. The van der Waals surface area contributed by atoms with E-state index in [1.54, 1.807) is 0 Å². The minimum atomic E-state index is -2.97. The van der Waals surface area contributed by atoms with E-state index in [1.807, 2.05) is 4.98 Å². The molecule has 0 saturated heterocycles. The zero-order valence-corrected chi connectivity index (χ0v) is 6.75. The van der Waals surface area contributed by atoms with Gasteiger partial charge in [-0.3, -0.25) is 9.59 Å². The van der Waals surface area contributed by atoms with Crippen LogP contribution in [0, 0.1) is 11.3 Å². The number of nitrogens with zero attached hydrogens (tertiary/aromatic N) is 1. The second-order valence-corrected chi connectivity index (χ2v) is 2.41. The Morgan fingerprint density at radius 3 is 2.64 bits per heavy atom. The molecule has 1 aromatic rings. The van der Waals surface area contributed by atoms with E-state index in [2.05, 4.69) is 0 Å². The van der Waals surface area contributed by atoms with Gasteiger partial charge >= 0.3 is 0 Å². The van der Waals surface area contributed by atoms with Crippen LogP contribution in [-0.2, 0) is 0 Å². The van der Waals surface area contributed by atoms with Gasteiger partial charge in [0, 0.05) is 0 Å². The topological polar surface area (TPSA) is 73.7 Å². The van der Waals surface area contributed by atoms with E-state index in [1.165, 1.54) is 6.07 Å². The maximum atomic E-state index is 12.2. The van der Waals surface area contributed by atoms with E-state index in [4.69, 9.17) is 5.26 Å². The first-order valence-corrected chi connectivity index (χ1v) is 3.50. The maximum absolute atomic E-state index is 12.2. The highest BCUT2D eigenvalue weighted by molar-refractivity contribution is 5.76. The molecule has 1 aromatic heterocycles. The first-order chi connectivity index (χ1) is 6.60.